The van der Waals surface area contributed by atoms with Crippen molar-refractivity contribution in [2.75, 3.05) is 7.05 Å². The lowest BCUT2D eigenvalue weighted by Crippen LogP contribution is -2.24. The second-order valence-corrected chi connectivity index (χ2v) is 7.77. The third-order valence-corrected chi connectivity index (χ3v) is 5.42. The second-order valence-electron chi connectivity index (χ2n) is 5.82. The van der Waals surface area contributed by atoms with Crippen LogP contribution in [0, 0.1) is 6.92 Å². The number of sulfonamides is 1. The van der Waals surface area contributed by atoms with Gasteiger partial charge in [0.05, 0.1) is 22.7 Å². The lowest BCUT2D eigenvalue weighted by atomic mass is 10.2. The van der Waals surface area contributed by atoms with Gasteiger partial charge in [0.15, 0.2) is 0 Å². The Bertz CT molecular complexity index is 1020. The topological polar surface area (TPSA) is 80.5 Å². The number of hydrazone groups is 1. The van der Waals surface area contributed by atoms with Gasteiger partial charge in [0, 0.05) is 7.05 Å². The Labute approximate surface area is 146 Å². The number of aryl methyl sites for hydroxylation is 1. The molecule has 0 unspecified atom stereocenters. The first-order valence-electron chi connectivity index (χ1n) is 7.76. The molecule has 0 bridgehead atoms. The van der Waals surface area contributed by atoms with Gasteiger partial charge >= 0.3 is 0 Å². The molecule has 0 N–H and O–H groups in total. The van der Waals surface area contributed by atoms with Gasteiger partial charge in [0.1, 0.15) is 5.52 Å². The van der Waals surface area contributed by atoms with Crippen molar-refractivity contribution >= 4 is 26.8 Å². The quantitative estimate of drug-likeness (QED) is 0.519. The van der Waals surface area contributed by atoms with Crippen molar-refractivity contribution in [3.8, 4) is 0 Å². The number of hydrogen-bond donors (Lipinski definition) is 0. The maximum atomic E-state index is 12.6. The first-order valence-corrected chi connectivity index (χ1v) is 9.20. The monoisotopic (exact) mass is 357 g/mol. The van der Waals surface area contributed by atoms with E-state index in [0.29, 0.717) is 12.3 Å². The van der Waals surface area contributed by atoms with E-state index in [1.807, 2.05) is 31.2 Å². The molecule has 0 saturated heterocycles. The lowest BCUT2D eigenvalue weighted by Gasteiger charge is -2.15. The zero-order chi connectivity index (χ0) is 18.0. The minimum absolute atomic E-state index is 0.211. The predicted octanol–water partition coefficient (Wildman–Crippen LogP) is 2.44. The standard InChI is InChI=1S/C17H19N5O2S/c1-13-8-10-15(11-9-13)25(23,24)21(3)19-14(2)12-22-17-7-5-4-6-16(17)18-20-22/h4-11H,12H2,1-3H3/b19-14+. The molecule has 0 atom stereocenters. The van der Waals surface area contributed by atoms with E-state index in [2.05, 4.69) is 15.4 Å². The smallest absolute Gasteiger partial charge is 0.239 e. The van der Waals surface area contributed by atoms with Crippen LogP contribution in [0.5, 0.6) is 0 Å². The first kappa shape index (κ1) is 17.1. The van der Waals surface area contributed by atoms with E-state index in [-0.39, 0.29) is 4.90 Å². The van der Waals surface area contributed by atoms with Crippen molar-refractivity contribution in [1.82, 2.24) is 19.4 Å². The number of para-hydroxylation sites is 1. The van der Waals surface area contributed by atoms with Gasteiger partial charge in [-0.1, -0.05) is 35.0 Å². The summed E-state index contributed by atoms with van der Waals surface area (Å²) in [6.07, 6.45) is 0. The van der Waals surface area contributed by atoms with Crippen LogP contribution >= 0.6 is 0 Å². The fourth-order valence-corrected chi connectivity index (χ4v) is 3.47. The zero-order valence-electron chi connectivity index (χ0n) is 14.3. The third kappa shape index (κ3) is 3.53. The number of benzene rings is 2. The lowest BCUT2D eigenvalue weighted by molar-refractivity contribution is 0.487. The van der Waals surface area contributed by atoms with Crippen LogP contribution in [-0.2, 0) is 16.6 Å². The Kier molecular flexibility index (Phi) is 4.54. The summed E-state index contributed by atoms with van der Waals surface area (Å²) in [5.74, 6) is 0. The van der Waals surface area contributed by atoms with E-state index in [1.54, 1.807) is 35.9 Å². The third-order valence-electron chi connectivity index (χ3n) is 3.78. The summed E-state index contributed by atoms with van der Waals surface area (Å²) in [7, 11) is -2.24. The van der Waals surface area contributed by atoms with Crippen LogP contribution < -0.4 is 0 Å². The van der Waals surface area contributed by atoms with E-state index < -0.39 is 10.0 Å². The minimum atomic E-state index is -3.67. The summed E-state index contributed by atoms with van der Waals surface area (Å²) < 4.78 is 27.8. The average molecular weight is 357 g/mol. The summed E-state index contributed by atoms with van der Waals surface area (Å²) in [6, 6.07) is 14.3. The largest absolute Gasteiger partial charge is 0.278 e. The highest BCUT2D eigenvalue weighted by atomic mass is 32.2. The molecule has 0 aliphatic carbocycles. The minimum Gasteiger partial charge on any atom is -0.239 e. The predicted molar refractivity (Wildman–Crippen MR) is 96.8 cm³/mol. The Hall–Kier alpha value is -2.74. The van der Waals surface area contributed by atoms with Crippen LogP contribution in [0.4, 0.5) is 0 Å². The van der Waals surface area contributed by atoms with Gasteiger partial charge in [0.2, 0.25) is 0 Å². The van der Waals surface area contributed by atoms with Crippen molar-refractivity contribution < 1.29 is 8.42 Å². The van der Waals surface area contributed by atoms with Gasteiger partial charge in [-0.15, -0.1) is 5.10 Å². The molecule has 3 aromatic rings. The number of fused-ring (bicyclic) bond motifs is 1. The van der Waals surface area contributed by atoms with Crippen molar-refractivity contribution in [1.29, 1.82) is 0 Å². The van der Waals surface area contributed by atoms with Crippen molar-refractivity contribution in [2.24, 2.45) is 5.10 Å². The highest BCUT2D eigenvalue weighted by Crippen LogP contribution is 2.16. The molecular formula is C17H19N5O2S. The molecule has 0 radical (unpaired) electrons. The van der Waals surface area contributed by atoms with Crippen molar-refractivity contribution in [2.45, 2.75) is 25.3 Å². The highest BCUT2D eigenvalue weighted by Gasteiger charge is 2.19. The van der Waals surface area contributed by atoms with Gasteiger partial charge in [-0.05, 0) is 38.1 Å². The number of aromatic nitrogens is 3. The van der Waals surface area contributed by atoms with E-state index in [4.69, 9.17) is 0 Å². The Morgan fingerprint density at radius 1 is 1.16 bits per heavy atom. The van der Waals surface area contributed by atoms with Crippen LogP contribution in [0.15, 0.2) is 58.5 Å². The van der Waals surface area contributed by atoms with E-state index in [1.165, 1.54) is 7.05 Å². The van der Waals surface area contributed by atoms with Crippen LogP contribution in [0.2, 0.25) is 0 Å². The molecular weight excluding hydrogens is 338 g/mol. The Balaban J connectivity index is 1.82. The highest BCUT2D eigenvalue weighted by molar-refractivity contribution is 7.89. The van der Waals surface area contributed by atoms with Gasteiger partial charge in [-0.2, -0.15) is 17.9 Å². The summed E-state index contributed by atoms with van der Waals surface area (Å²) in [5, 5.41) is 12.4. The van der Waals surface area contributed by atoms with Gasteiger partial charge < -0.3 is 0 Å². The molecule has 1 aromatic heterocycles. The average Bonchev–Trinajstić information content (AvgIpc) is 2.98. The van der Waals surface area contributed by atoms with E-state index >= 15 is 0 Å². The van der Waals surface area contributed by atoms with Crippen molar-refractivity contribution in [3.05, 3.63) is 54.1 Å². The fraction of sp³-hybridized carbons (Fsp3) is 0.235. The summed E-state index contributed by atoms with van der Waals surface area (Å²) in [6.45, 7) is 4.02. The van der Waals surface area contributed by atoms with E-state index in [9.17, 15) is 8.42 Å². The number of rotatable bonds is 5. The molecule has 1 heterocycles. The normalized spacial score (nSPS) is 12.5. The summed E-state index contributed by atoms with van der Waals surface area (Å²) in [4.78, 5) is 0.211. The first-order chi connectivity index (χ1) is 11.9. The van der Waals surface area contributed by atoms with Gasteiger partial charge in [-0.3, -0.25) is 0 Å². The molecule has 0 aliphatic heterocycles. The molecule has 0 aliphatic rings. The van der Waals surface area contributed by atoms with Crippen LogP contribution in [0.1, 0.15) is 12.5 Å². The van der Waals surface area contributed by atoms with Crippen LogP contribution in [-0.4, -0.2) is 40.6 Å². The molecule has 7 nitrogen and oxygen atoms in total. The van der Waals surface area contributed by atoms with Crippen LogP contribution in [0.25, 0.3) is 11.0 Å². The van der Waals surface area contributed by atoms with Crippen molar-refractivity contribution in [3.63, 3.8) is 0 Å². The number of hydrogen-bond acceptors (Lipinski definition) is 5. The molecule has 25 heavy (non-hydrogen) atoms. The molecule has 3 rings (SSSR count). The molecule has 0 saturated carbocycles. The molecule has 8 heteroatoms. The molecule has 0 amide bonds. The van der Waals surface area contributed by atoms with Gasteiger partial charge in [0.25, 0.3) is 10.0 Å². The molecule has 0 spiro atoms. The molecule has 130 valence electrons. The maximum Gasteiger partial charge on any atom is 0.278 e. The Morgan fingerprint density at radius 3 is 2.56 bits per heavy atom. The summed E-state index contributed by atoms with van der Waals surface area (Å²) >= 11 is 0. The zero-order valence-corrected chi connectivity index (χ0v) is 15.1. The SMILES string of the molecule is C/C(Cn1nnc2ccccc21)=N\N(C)S(=O)(=O)c1ccc(C)cc1. The second kappa shape index (κ2) is 6.64. The van der Waals surface area contributed by atoms with E-state index in [0.717, 1.165) is 21.0 Å². The molecule has 2 aromatic carbocycles. The number of nitrogens with zero attached hydrogens (tertiary/aromatic N) is 5. The fourth-order valence-electron chi connectivity index (χ4n) is 2.44. The molecule has 0 fully saturated rings. The summed E-state index contributed by atoms with van der Waals surface area (Å²) in [5.41, 5.74) is 3.27. The van der Waals surface area contributed by atoms with Gasteiger partial charge in [-0.25, -0.2) is 4.68 Å². The van der Waals surface area contributed by atoms with Crippen LogP contribution in [0.3, 0.4) is 0 Å². The maximum absolute atomic E-state index is 12.6. The Morgan fingerprint density at radius 2 is 1.84 bits per heavy atom.